The van der Waals surface area contributed by atoms with E-state index in [0.29, 0.717) is 5.92 Å². The topological polar surface area (TPSA) is 70.2 Å². The first-order valence-corrected chi connectivity index (χ1v) is 12.6. The summed E-state index contributed by atoms with van der Waals surface area (Å²) in [6, 6.07) is 10.8. The van der Waals surface area contributed by atoms with Crippen molar-refractivity contribution < 1.29 is 14.1 Å². The molecule has 0 amide bonds. The summed E-state index contributed by atoms with van der Waals surface area (Å²) in [4.78, 5) is 17.1. The van der Waals surface area contributed by atoms with Crippen molar-refractivity contribution in [3.8, 4) is 22.3 Å². The maximum absolute atomic E-state index is 12.2. The number of aromatic nitrogens is 3. The highest BCUT2D eigenvalue weighted by atomic mass is 16.5. The van der Waals surface area contributed by atoms with Crippen molar-refractivity contribution in [1.82, 2.24) is 14.7 Å². The Labute approximate surface area is 205 Å². The lowest BCUT2D eigenvalue weighted by atomic mass is 9.91. The predicted molar refractivity (Wildman–Crippen MR) is 135 cm³/mol. The normalized spacial score (nSPS) is 17.7. The van der Waals surface area contributed by atoms with Crippen molar-refractivity contribution in [2.24, 2.45) is 5.92 Å². The minimum atomic E-state index is -0.253. The summed E-state index contributed by atoms with van der Waals surface area (Å²) in [5.74, 6) is 1.66. The third kappa shape index (κ3) is 3.80. The van der Waals surface area contributed by atoms with Crippen LogP contribution in [0.4, 0.5) is 0 Å². The van der Waals surface area contributed by atoms with Crippen molar-refractivity contribution >= 4 is 16.8 Å². The lowest BCUT2D eigenvalue weighted by molar-refractivity contribution is -0.119. The number of Topliss-reactive ketones (excluding diaryl/α,β-unsaturated/α-hetero) is 1. The van der Waals surface area contributed by atoms with Gasteiger partial charge < -0.3 is 13.8 Å². The van der Waals surface area contributed by atoms with E-state index >= 15 is 0 Å². The molecule has 1 aliphatic carbocycles. The molecule has 0 radical (unpaired) electrons. The number of carbonyl (C=O) groups excluding carboxylic acids is 1. The number of pyridine rings is 1. The lowest BCUT2D eigenvalue weighted by Gasteiger charge is -2.22. The van der Waals surface area contributed by atoms with E-state index in [2.05, 4.69) is 46.3 Å². The SMILES string of the molecule is CC(=O)C1(c2ccc(-c3cn(CC4CCOCC4)c4cc(-c5c(C)noc5C)cnc34)cc2)CC1. The molecule has 0 N–H and O–H groups in total. The quantitative estimate of drug-likeness (QED) is 0.345. The van der Waals surface area contributed by atoms with Crippen molar-refractivity contribution in [3.63, 3.8) is 0 Å². The maximum atomic E-state index is 12.2. The van der Waals surface area contributed by atoms with Crippen molar-refractivity contribution in [3.05, 3.63) is 59.7 Å². The molecule has 35 heavy (non-hydrogen) atoms. The summed E-state index contributed by atoms with van der Waals surface area (Å²) in [7, 11) is 0. The first-order valence-electron chi connectivity index (χ1n) is 12.6. The zero-order chi connectivity index (χ0) is 24.2. The molecule has 4 aromatic rings. The molecule has 0 bridgehead atoms. The molecule has 6 heteroatoms. The van der Waals surface area contributed by atoms with E-state index in [4.69, 9.17) is 14.2 Å². The Morgan fingerprint density at radius 1 is 1.11 bits per heavy atom. The summed E-state index contributed by atoms with van der Waals surface area (Å²) in [6.45, 7) is 8.24. The van der Waals surface area contributed by atoms with Crippen LogP contribution in [-0.2, 0) is 21.5 Å². The number of aryl methyl sites for hydroxylation is 2. The maximum Gasteiger partial charge on any atom is 0.141 e. The number of rotatable bonds is 6. The summed E-state index contributed by atoms with van der Waals surface area (Å²) in [6.07, 6.45) is 8.25. The smallest absolute Gasteiger partial charge is 0.141 e. The molecule has 0 spiro atoms. The first-order chi connectivity index (χ1) is 17.0. The fourth-order valence-electron chi connectivity index (χ4n) is 5.71. The zero-order valence-corrected chi connectivity index (χ0v) is 20.6. The third-order valence-electron chi connectivity index (χ3n) is 8.01. The van der Waals surface area contributed by atoms with Crippen LogP contribution in [0.5, 0.6) is 0 Å². The second kappa shape index (κ2) is 8.45. The van der Waals surface area contributed by atoms with Crippen LogP contribution in [0.2, 0.25) is 0 Å². The highest BCUT2D eigenvalue weighted by molar-refractivity contribution is 5.95. The Hall–Kier alpha value is -3.25. The van der Waals surface area contributed by atoms with Gasteiger partial charge >= 0.3 is 0 Å². The summed E-state index contributed by atoms with van der Waals surface area (Å²) >= 11 is 0. The van der Waals surface area contributed by atoms with Crippen LogP contribution in [0.3, 0.4) is 0 Å². The number of nitrogens with zero attached hydrogens (tertiary/aromatic N) is 3. The van der Waals surface area contributed by atoms with Crippen LogP contribution >= 0.6 is 0 Å². The van der Waals surface area contributed by atoms with E-state index in [0.717, 1.165) is 95.7 Å². The number of hydrogen-bond acceptors (Lipinski definition) is 5. The van der Waals surface area contributed by atoms with E-state index < -0.39 is 0 Å². The molecule has 0 unspecified atom stereocenters. The fraction of sp³-hybridized carbons (Fsp3) is 0.414. The number of carbonyl (C=O) groups is 1. The van der Waals surface area contributed by atoms with Gasteiger partial charge in [-0.15, -0.1) is 0 Å². The van der Waals surface area contributed by atoms with Gasteiger partial charge in [0.15, 0.2) is 0 Å². The van der Waals surface area contributed by atoms with Gasteiger partial charge in [-0.05, 0) is 69.6 Å². The van der Waals surface area contributed by atoms with Gasteiger partial charge in [0.05, 0.1) is 22.1 Å². The van der Waals surface area contributed by atoms with E-state index in [-0.39, 0.29) is 11.2 Å². The predicted octanol–water partition coefficient (Wildman–Crippen LogP) is 6.02. The second-order valence-corrected chi connectivity index (χ2v) is 10.3. The molecule has 2 aliphatic rings. The molecular weight excluding hydrogens is 438 g/mol. The lowest BCUT2D eigenvalue weighted by Crippen LogP contribution is -2.20. The molecule has 1 saturated carbocycles. The van der Waals surface area contributed by atoms with Gasteiger partial charge in [-0.1, -0.05) is 29.4 Å². The standard InChI is InChI=1S/C29H31N3O3/c1-18-27(19(2)35-31-18)23-14-26-28(30-15-23)25(17-32(26)16-21-8-12-34-13-9-21)22-4-6-24(7-5-22)29(10-11-29)20(3)33/h4-7,14-15,17,21H,8-13,16H2,1-3H3. The van der Waals surface area contributed by atoms with E-state index in [1.807, 2.05) is 20.0 Å². The van der Waals surface area contributed by atoms with Crippen LogP contribution < -0.4 is 0 Å². The monoisotopic (exact) mass is 469 g/mol. The number of fused-ring (bicyclic) bond motifs is 1. The summed E-state index contributed by atoms with van der Waals surface area (Å²) in [5.41, 5.74) is 8.16. The van der Waals surface area contributed by atoms with Crippen molar-refractivity contribution in [1.29, 1.82) is 0 Å². The molecule has 1 aliphatic heterocycles. The third-order valence-corrected chi connectivity index (χ3v) is 8.01. The van der Waals surface area contributed by atoms with Crippen LogP contribution in [-0.4, -0.2) is 33.7 Å². The van der Waals surface area contributed by atoms with Crippen LogP contribution in [0.15, 0.2) is 47.2 Å². The number of ketones is 1. The van der Waals surface area contributed by atoms with Gasteiger partial charge in [0.25, 0.3) is 0 Å². The fourth-order valence-corrected chi connectivity index (χ4v) is 5.71. The number of benzene rings is 1. The van der Waals surface area contributed by atoms with E-state index in [9.17, 15) is 4.79 Å². The molecule has 2 fully saturated rings. The average Bonchev–Trinajstić information content (AvgIpc) is 3.53. The largest absolute Gasteiger partial charge is 0.381 e. The minimum Gasteiger partial charge on any atom is -0.381 e. The van der Waals surface area contributed by atoms with Gasteiger partial charge in [-0.3, -0.25) is 9.78 Å². The van der Waals surface area contributed by atoms with Gasteiger partial charge in [-0.25, -0.2) is 0 Å². The van der Waals surface area contributed by atoms with Crippen molar-refractivity contribution in [2.45, 2.75) is 58.4 Å². The second-order valence-electron chi connectivity index (χ2n) is 10.3. The molecule has 1 aromatic carbocycles. The molecule has 6 nitrogen and oxygen atoms in total. The zero-order valence-electron chi connectivity index (χ0n) is 20.6. The molecular formula is C29H31N3O3. The number of ether oxygens (including phenoxy) is 1. The van der Waals surface area contributed by atoms with Gasteiger partial charge in [0.1, 0.15) is 11.5 Å². The average molecular weight is 470 g/mol. The van der Waals surface area contributed by atoms with E-state index in [1.165, 1.54) is 0 Å². The Morgan fingerprint density at radius 3 is 2.49 bits per heavy atom. The van der Waals surface area contributed by atoms with E-state index in [1.54, 1.807) is 6.92 Å². The van der Waals surface area contributed by atoms with Crippen LogP contribution in [0.1, 0.15) is 49.6 Å². The Morgan fingerprint density at radius 2 is 1.86 bits per heavy atom. The molecule has 180 valence electrons. The molecule has 0 atom stereocenters. The van der Waals surface area contributed by atoms with Crippen LogP contribution in [0.25, 0.3) is 33.3 Å². The highest BCUT2D eigenvalue weighted by Gasteiger charge is 2.48. The molecule has 6 rings (SSSR count). The summed E-state index contributed by atoms with van der Waals surface area (Å²) < 4.78 is 13.4. The first kappa shape index (κ1) is 22.2. The molecule has 3 aromatic heterocycles. The minimum absolute atomic E-state index is 0.253. The number of hydrogen-bond donors (Lipinski definition) is 0. The van der Waals surface area contributed by atoms with Gasteiger partial charge in [0, 0.05) is 48.8 Å². The Bertz CT molecular complexity index is 1380. The molecule has 4 heterocycles. The van der Waals surface area contributed by atoms with Gasteiger partial charge in [0.2, 0.25) is 0 Å². The summed E-state index contributed by atoms with van der Waals surface area (Å²) in [5, 5.41) is 4.14. The molecule has 1 saturated heterocycles. The van der Waals surface area contributed by atoms with Crippen LogP contribution in [0, 0.1) is 19.8 Å². The highest BCUT2D eigenvalue weighted by Crippen LogP contribution is 2.49. The Balaban J connectivity index is 1.44. The Kier molecular flexibility index (Phi) is 5.37. The van der Waals surface area contributed by atoms with Crippen molar-refractivity contribution in [2.75, 3.05) is 13.2 Å². The van der Waals surface area contributed by atoms with Gasteiger partial charge in [-0.2, -0.15) is 0 Å².